The number of hydrogen-bond donors (Lipinski definition) is 0. The number of fused-ring (bicyclic) bond motifs is 1. The van der Waals surface area contributed by atoms with Gasteiger partial charge >= 0.3 is 5.97 Å². The van der Waals surface area contributed by atoms with E-state index in [0.717, 1.165) is 35.7 Å². The number of ether oxygens (including phenoxy) is 1. The first-order valence-corrected chi connectivity index (χ1v) is 9.51. The SMILES string of the molecule is C/C=C1\CCOC1=O.C=C1CCC2C(CCC(C)C2C)C1.CC. The molecule has 0 aromatic heterocycles. The fraction of sp³-hybridized carbons (Fsp3) is 0.762. The van der Waals surface area contributed by atoms with Crippen LogP contribution in [0.3, 0.4) is 0 Å². The van der Waals surface area contributed by atoms with Gasteiger partial charge in [0, 0.05) is 12.0 Å². The molecule has 3 aliphatic rings. The van der Waals surface area contributed by atoms with E-state index < -0.39 is 0 Å². The molecular formula is C21H36O2. The third kappa shape index (κ3) is 5.51. The normalized spacial score (nSPS) is 34.6. The molecule has 0 aromatic rings. The summed E-state index contributed by atoms with van der Waals surface area (Å²) in [5, 5.41) is 0. The average molecular weight is 321 g/mol. The van der Waals surface area contributed by atoms with Gasteiger partial charge in [0.15, 0.2) is 0 Å². The minimum absolute atomic E-state index is 0.146. The molecule has 0 amide bonds. The fourth-order valence-corrected chi connectivity index (χ4v) is 4.11. The summed E-state index contributed by atoms with van der Waals surface area (Å²) in [6.45, 7) is 15.5. The van der Waals surface area contributed by atoms with Gasteiger partial charge in [0.1, 0.15) is 0 Å². The topological polar surface area (TPSA) is 26.3 Å². The zero-order valence-corrected chi connectivity index (χ0v) is 15.9. The predicted octanol–water partition coefficient (Wildman–Crippen LogP) is 5.93. The Labute approximate surface area is 143 Å². The largest absolute Gasteiger partial charge is 0.462 e. The van der Waals surface area contributed by atoms with Crippen molar-refractivity contribution >= 4 is 5.97 Å². The van der Waals surface area contributed by atoms with E-state index in [9.17, 15) is 4.79 Å². The van der Waals surface area contributed by atoms with Crippen LogP contribution in [-0.2, 0) is 9.53 Å². The number of carbonyl (C=O) groups excluding carboxylic acids is 1. The molecule has 2 heteroatoms. The molecule has 132 valence electrons. The van der Waals surface area contributed by atoms with Crippen LogP contribution >= 0.6 is 0 Å². The molecule has 1 aliphatic heterocycles. The van der Waals surface area contributed by atoms with Gasteiger partial charge in [-0.05, 0) is 56.3 Å². The van der Waals surface area contributed by atoms with Crippen molar-refractivity contribution in [1.82, 2.24) is 0 Å². The van der Waals surface area contributed by atoms with Gasteiger partial charge in [-0.2, -0.15) is 0 Å². The maximum Gasteiger partial charge on any atom is 0.333 e. The van der Waals surface area contributed by atoms with E-state index in [1.807, 2.05) is 20.8 Å². The number of cyclic esters (lactones) is 1. The van der Waals surface area contributed by atoms with E-state index in [2.05, 4.69) is 25.2 Å². The van der Waals surface area contributed by atoms with Crippen LogP contribution < -0.4 is 0 Å². The highest BCUT2D eigenvalue weighted by Gasteiger charge is 2.36. The Kier molecular flexibility index (Phi) is 8.65. The molecule has 2 aliphatic carbocycles. The Morgan fingerprint density at radius 1 is 1.13 bits per heavy atom. The van der Waals surface area contributed by atoms with Crippen LogP contribution in [0, 0.1) is 23.7 Å². The summed E-state index contributed by atoms with van der Waals surface area (Å²) in [6, 6.07) is 0. The molecular weight excluding hydrogens is 284 g/mol. The molecule has 2 saturated carbocycles. The van der Waals surface area contributed by atoms with Gasteiger partial charge in [0.05, 0.1) is 6.61 Å². The van der Waals surface area contributed by atoms with Gasteiger partial charge in [-0.1, -0.05) is 52.3 Å². The van der Waals surface area contributed by atoms with Gasteiger partial charge in [-0.3, -0.25) is 0 Å². The maximum absolute atomic E-state index is 10.5. The van der Waals surface area contributed by atoms with Crippen molar-refractivity contribution in [2.24, 2.45) is 23.7 Å². The Bertz CT molecular complexity index is 422. The minimum atomic E-state index is -0.146. The molecule has 3 rings (SSSR count). The Hall–Kier alpha value is -1.05. The number of carbonyl (C=O) groups is 1. The number of allylic oxidation sites excluding steroid dienone is 2. The van der Waals surface area contributed by atoms with Crippen LogP contribution in [0.15, 0.2) is 23.8 Å². The number of rotatable bonds is 0. The van der Waals surface area contributed by atoms with Crippen LogP contribution in [0.25, 0.3) is 0 Å². The van der Waals surface area contributed by atoms with Crippen molar-refractivity contribution in [3.63, 3.8) is 0 Å². The second-order valence-corrected chi connectivity index (χ2v) is 7.03. The third-order valence-electron chi connectivity index (χ3n) is 5.77. The lowest BCUT2D eigenvalue weighted by molar-refractivity contribution is -0.135. The molecule has 23 heavy (non-hydrogen) atoms. The van der Waals surface area contributed by atoms with Crippen molar-refractivity contribution in [1.29, 1.82) is 0 Å². The molecule has 0 bridgehead atoms. The van der Waals surface area contributed by atoms with E-state index in [4.69, 9.17) is 0 Å². The van der Waals surface area contributed by atoms with E-state index in [0.29, 0.717) is 6.61 Å². The molecule has 1 heterocycles. The lowest BCUT2D eigenvalue weighted by Crippen LogP contribution is -2.34. The van der Waals surface area contributed by atoms with Crippen LogP contribution in [0.4, 0.5) is 0 Å². The Balaban J connectivity index is 0.000000228. The quantitative estimate of drug-likeness (QED) is 0.314. The van der Waals surface area contributed by atoms with Crippen molar-refractivity contribution in [2.75, 3.05) is 6.61 Å². The van der Waals surface area contributed by atoms with Crippen LogP contribution in [0.5, 0.6) is 0 Å². The first-order valence-electron chi connectivity index (χ1n) is 9.51. The molecule has 0 spiro atoms. The lowest BCUT2D eigenvalue weighted by atomic mass is 9.62. The van der Waals surface area contributed by atoms with Crippen molar-refractivity contribution in [3.05, 3.63) is 23.8 Å². The van der Waals surface area contributed by atoms with Crippen molar-refractivity contribution in [3.8, 4) is 0 Å². The van der Waals surface area contributed by atoms with Gasteiger partial charge in [0.25, 0.3) is 0 Å². The molecule has 0 N–H and O–H groups in total. The van der Waals surface area contributed by atoms with Crippen molar-refractivity contribution in [2.45, 2.75) is 73.1 Å². The van der Waals surface area contributed by atoms with Crippen LogP contribution in [0.1, 0.15) is 73.1 Å². The highest BCUT2D eigenvalue weighted by molar-refractivity contribution is 5.90. The summed E-state index contributed by atoms with van der Waals surface area (Å²) in [4.78, 5) is 10.5. The summed E-state index contributed by atoms with van der Waals surface area (Å²) in [5.41, 5.74) is 2.33. The number of esters is 1. The smallest absolute Gasteiger partial charge is 0.333 e. The number of hydrogen-bond acceptors (Lipinski definition) is 2. The molecule has 3 fully saturated rings. The van der Waals surface area contributed by atoms with E-state index in [1.54, 1.807) is 6.08 Å². The van der Waals surface area contributed by atoms with Crippen LogP contribution in [0.2, 0.25) is 0 Å². The molecule has 4 unspecified atom stereocenters. The van der Waals surface area contributed by atoms with E-state index >= 15 is 0 Å². The zero-order chi connectivity index (χ0) is 17.4. The Morgan fingerprint density at radius 3 is 2.35 bits per heavy atom. The molecule has 1 saturated heterocycles. The van der Waals surface area contributed by atoms with Gasteiger partial charge < -0.3 is 4.74 Å². The second kappa shape index (κ2) is 9.95. The van der Waals surface area contributed by atoms with Crippen molar-refractivity contribution < 1.29 is 9.53 Å². The first kappa shape index (κ1) is 20.0. The lowest BCUT2D eigenvalue weighted by Gasteiger charge is -2.43. The summed E-state index contributed by atoms with van der Waals surface area (Å²) < 4.78 is 4.65. The standard InChI is InChI=1S/C13H22.C6H8O2.C2H6/c1-9-4-7-13-11(3)10(2)5-6-12(13)8-9;1-2-5-3-4-8-6(5)7;1-2/h10-13H,1,4-8H2,2-3H3;2H,3-4H2,1H3;1-2H3/b;5-2+;. The van der Waals surface area contributed by atoms with Crippen LogP contribution in [-0.4, -0.2) is 12.6 Å². The Morgan fingerprint density at radius 2 is 1.83 bits per heavy atom. The highest BCUT2D eigenvalue weighted by atomic mass is 16.5. The monoisotopic (exact) mass is 320 g/mol. The van der Waals surface area contributed by atoms with E-state index in [1.165, 1.54) is 37.7 Å². The summed E-state index contributed by atoms with van der Waals surface area (Å²) in [6.07, 6.45) is 9.57. The minimum Gasteiger partial charge on any atom is -0.462 e. The first-order chi connectivity index (χ1) is 11.0. The van der Waals surface area contributed by atoms with Gasteiger partial charge in [-0.25, -0.2) is 4.79 Å². The molecule has 0 aromatic carbocycles. The molecule has 2 nitrogen and oxygen atoms in total. The van der Waals surface area contributed by atoms with E-state index in [-0.39, 0.29) is 5.97 Å². The molecule has 4 atom stereocenters. The predicted molar refractivity (Wildman–Crippen MR) is 98.2 cm³/mol. The van der Waals surface area contributed by atoms with Gasteiger partial charge in [0.2, 0.25) is 0 Å². The fourth-order valence-electron chi connectivity index (χ4n) is 4.11. The summed E-state index contributed by atoms with van der Waals surface area (Å²) in [7, 11) is 0. The average Bonchev–Trinajstić information content (AvgIpc) is 2.99. The second-order valence-electron chi connectivity index (χ2n) is 7.03. The third-order valence-corrected chi connectivity index (χ3v) is 5.77. The maximum atomic E-state index is 10.5. The molecule has 0 radical (unpaired) electrons. The summed E-state index contributed by atoms with van der Waals surface area (Å²) >= 11 is 0. The highest BCUT2D eigenvalue weighted by Crippen LogP contribution is 2.46. The zero-order valence-electron chi connectivity index (χ0n) is 15.9. The summed E-state index contributed by atoms with van der Waals surface area (Å²) in [5.74, 6) is 3.80. The van der Waals surface area contributed by atoms with Gasteiger partial charge in [-0.15, -0.1) is 0 Å².